The van der Waals surface area contributed by atoms with Gasteiger partial charge >= 0.3 is 0 Å². The highest BCUT2D eigenvalue weighted by Gasteiger charge is 2.55. The Kier molecular flexibility index (Phi) is 4.90. The van der Waals surface area contributed by atoms with E-state index in [1.165, 1.54) is 38.5 Å². The Morgan fingerprint density at radius 2 is 2.00 bits per heavy atom. The van der Waals surface area contributed by atoms with Crippen LogP contribution in [0, 0.1) is 5.41 Å². The summed E-state index contributed by atoms with van der Waals surface area (Å²) in [6, 6.07) is 8.93. The minimum absolute atomic E-state index is 0.370. The Bertz CT molecular complexity index is 468. The summed E-state index contributed by atoms with van der Waals surface area (Å²) in [5.41, 5.74) is 0.370. The number of rotatable bonds is 4. The number of hydrogen-bond acceptors (Lipinski definition) is 2. The highest BCUT2D eigenvalue weighted by atomic mass is 79.9. The molecule has 21 heavy (non-hydrogen) atoms. The summed E-state index contributed by atoms with van der Waals surface area (Å²) in [7, 11) is 0. The molecule has 0 bridgehead atoms. The summed E-state index contributed by atoms with van der Waals surface area (Å²) < 4.78 is 7.48. The second-order valence-corrected chi connectivity index (χ2v) is 7.47. The topological polar surface area (TPSA) is 21.3 Å². The lowest BCUT2D eigenvalue weighted by molar-refractivity contribution is -0.0900. The molecule has 1 aromatic carbocycles. The molecule has 0 aliphatic heterocycles. The summed E-state index contributed by atoms with van der Waals surface area (Å²) in [6.07, 6.45) is 9.69. The lowest BCUT2D eigenvalue weighted by Gasteiger charge is -2.56. The molecule has 2 aliphatic carbocycles. The smallest absolute Gasteiger partial charge is 0.120 e. The monoisotopic (exact) mass is 351 g/mol. The first-order valence-corrected chi connectivity index (χ1v) is 9.19. The zero-order chi connectivity index (χ0) is 14.7. The molecule has 2 atom stereocenters. The molecule has 1 aromatic rings. The predicted molar refractivity (Wildman–Crippen MR) is 90.8 cm³/mol. The Labute approximate surface area is 136 Å². The highest BCUT2D eigenvalue weighted by molar-refractivity contribution is 9.10. The van der Waals surface area contributed by atoms with E-state index in [4.69, 9.17) is 4.74 Å². The van der Waals surface area contributed by atoms with Crippen molar-refractivity contribution in [3.63, 3.8) is 0 Å². The van der Waals surface area contributed by atoms with Gasteiger partial charge in [0.05, 0.1) is 0 Å². The van der Waals surface area contributed by atoms with E-state index in [9.17, 15) is 0 Å². The minimum atomic E-state index is 0.370. The molecule has 2 unspecified atom stereocenters. The van der Waals surface area contributed by atoms with Crippen molar-refractivity contribution in [2.75, 3.05) is 6.54 Å². The fourth-order valence-electron chi connectivity index (χ4n) is 4.21. The van der Waals surface area contributed by atoms with Gasteiger partial charge in [0.1, 0.15) is 11.9 Å². The third-order valence-corrected chi connectivity index (χ3v) is 5.84. The molecule has 2 saturated carbocycles. The van der Waals surface area contributed by atoms with Crippen molar-refractivity contribution in [3.8, 4) is 5.75 Å². The van der Waals surface area contributed by atoms with Crippen LogP contribution < -0.4 is 10.1 Å². The molecule has 0 amide bonds. The van der Waals surface area contributed by atoms with Crippen molar-refractivity contribution in [2.45, 2.75) is 64.0 Å². The van der Waals surface area contributed by atoms with Crippen LogP contribution in [0.25, 0.3) is 0 Å². The van der Waals surface area contributed by atoms with Gasteiger partial charge in [0.15, 0.2) is 0 Å². The average Bonchev–Trinajstić information content (AvgIpc) is 2.74. The van der Waals surface area contributed by atoms with Crippen LogP contribution in [-0.2, 0) is 0 Å². The third kappa shape index (κ3) is 3.14. The third-order valence-electron chi connectivity index (χ3n) is 5.34. The second kappa shape index (κ2) is 6.70. The molecule has 2 nitrogen and oxygen atoms in total. The number of nitrogens with one attached hydrogen (secondary N) is 1. The summed E-state index contributed by atoms with van der Waals surface area (Å²) in [6.45, 7) is 3.28. The molecule has 0 radical (unpaired) electrons. The van der Waals surface area contributed by atoms with Gasteiger partial charge in [-0.2, -0.15) is 0 Å². The lowest BCUT2D eigenvalue weighted by Crippen LogP contribution is -2.64. The van der Waals surface area contributed by atoms with Gasteiger partial charge in [-0.05, 0) is 37.6 Å². The van der Waals surface area contributed by atoms with Gasteiger partial charge in [0.25, 0.3) is 0 Å². The van der Waals surface area contributed by atoms with Crippen molar-refractivity contribution in [3.05, 3.63) is 28.7 Å². The predicted octanol–water partition coefficient (Wildman–Crippen LogP) is 4.92. The maximum Gasteiger partial charge on any atom is 0.120 e. The second-order valence-electron chi connectivity index (χ2n) is 6.56. The van der Waals surface area contributed by atoms with Crippen molar-refractivity contribution < 1.29 is 4.74 Å². The van der Waals surface area contributed by atoms with E-state index >= 15 is 0 Å². The van der Waals surface area contributed by atoms with Crippen molar-refractivity contribution in [1.82, 2.24) is 5.32 Å². The molecule has 0 heterocycles. The van der Waals surface area contributed by atoms with Crippen LogP contribution in [0.5, 0.6) is 5.75 Å². The maximum absolute atomic E-state index is 6.39. The van der Waals surface area contributed by atoms with Crippen LogP contribution in [0.15, 0.2) is 28.7 Å². The van der Waals surface area contributed by atoms with E-state index in [1.807, 2.05) is 0 Å². The Hall–Kier alpha value is -0.540. The molecule has 0 saturated heterocycles. The van der Waals surface area contributed by atoms with E-state index in [2.05, 4.69) is 52.4 Å². The van der Waals surface area contributed by atoms with Gasteiger partial charge in [-0.1, -0.05) is 54.6 Å². The molecule has 1 N–H and O–H groups in total. The number of hydrogen-bond donors (Lipinski definition) is 1. The maximum atomic E-state index is 6.39. The first-order valence-electron chi connectivity index (χ1n) is 8.40. The van der Waals surface area contributed by atoms with Gasteiger partial charge in [-0.3, -0.25) is 0 Å². The first kappa shape index (κ1) is 15.4. The Morgan fingerprint density at radius 1 is 1.24 bits per heavy atom. The number of benzene rings is 1. The van der Waals surface area contributed by atoms with E-state index < -0.39 is 0 Å². The van der Waals surface area contributed by atoms with Gasteiger partial charge in [-0.15, -0.1) is 0 Å². The van der Waals surface area contributed by atoms with E-state index in [1.54, 1.807) is 0 Å². The van der Waals surface area contributed by atoms with Crippen molar-refractivity contribution in [1.29, 1.82) is 0 Å². The Morgan fingerprint density at radius 3 is 2.67 bits per heavy atom. The largest absolute Gasteiger partial charge is 0.490 e. The Balaban J connectivity index is 1.75. The fourth-order valence-corrected chi connectivity index (χ4v) is 4.59. The van der Waals surface area contributed by atoms with E-state index in [0.29, 0.717) is 17.6 Å². The highest BCUT2D eigenvalue weighted by Crippen LogP contribution is 2.52. The first-order chi connectivity index (χ1) is 10.2. The molecular formula is C18H26BrNO. The molecule has 2 aliphatic rings. The molecule has 3 heteroatoms. The fraction of sp³-hybridized carbons (Fsp3) is 0.667. The lowest BCUT2D eigenvalue weighted by atomic mass is 9.57. The molecule has 2 fully saturated rings. The summed E-state index contributed by atoms with van der Waals surface area (Å²) in [5, 5.41) is 3.71. The number of ether oxygens (including phenoxy) is 1. The quantitative estimate of drug-likeness (QED) is 0.831. The van der Waals surface area contributed by atoms with Crippen molar-refractivity contribution in [2.24, 2.45) is 5.41 Å². The van der Waals surface area contributed by atoms with Gasteiger partial charge in [0.2, 0.25) is 0 Å². The standard InChI is InChI=1S/C18H26BrNO/c1-2-20-16-13-17(18(16)10-5-3-4-6-11-18)21-15-9-7-8-14(19)12-15/h7-9,12,16-17,20H,2-6,10-11,13H2,1H3. The average molecular weight is 352 g/mol. The summed E-state index contributed by atoms with van der Waals surface area (Å²) in [5.74, 6) is 1.01. The van der Waals surface area contributed by atoms with Crippen LogP contribution in [0.3, 0.4) is 0 Å². The molecule has 1 spiro atoms. The van der Waals surface area contributed by atoms with Crippen molar-refractivity contribution >= 4 is 15.9 Å². The van der Waals surface area contributed by atoms with Crippen LogP contribution >= 0.6 is 15.9 Å². The van der Waals surface area contributed by atoms with E-state index in [0.717, 1.165) is 23.2 Å². The van der Waals surface area contributed by atoms with Gasteiger partial charge < -0.3 is 10.1 Å². The summed E-state index contributed by atoms with van der Waals surface area (Å²) >= 11 is 3.54. The molecule has 0 aromatic heterocycles. The van der Waals surface area contributed by atoms with Crippen LogP contribution in [0.1, 0.15) is 51.9 Å². The molecular weight excluding hydrogens is 326 g/mol. The van der Waals surface area contributed by atoms with Crippen LogP contribution in [0.4, 0.5) is 0 Å². The summed E-state index contributed by atoms with van der Waals surface area (Å²) in [4.78, 5) is 0. The number of halogens is 1. The SMILES string of the molecule is CCNC1CC(Oc2cccc(Br)c2)C12CCCCCC2. The zero-order valence-electron chi connectivity index (χ0n) is 12.9. The van der Waals surface area contributed by atoms with Crippen LogP contribution in [-0.4, -0.2) is 18.7 Å². The minimum Gasteiger partial charge on any atom is -0.490 e. The van der Waals surface area contributed by atoms with Gasteiger partial charge in [-0.25, -0.2) is 0 Å². The molecule has 116 valence electrons. The normalized spacial score (nSPS) is 27.9. The zero-order valence-corrected chi connectivity index (χ0v) is 14.5. The van der Waals surface area contributed by atoms with Gasteiger partial charge in [0, 0.05) is 22.4 Å². The molecule has 3 rings (SSSR count). The van der Waals surface area contributed by atoms with E-state index in [-0.39, 0.29) is 0 Å². The van der Waals surface area contributed by atoms with Crippen LogP contribution in [0.2, 0.25) is 0 Å².